The Balaban J connectivity index is 2.18. The van der Waals surface area contributed by atoms with E-state index in [4.69, 9.17) is 5.11 Å². The summed E-state index contributed by atoms with van der Waals surface area (Å²) in [6.07, 6.45) is 5.78. The van der Waals surface area contributed by atoms with Crippen molar-refractivity contribution in [3.63, 3.8) is 0 Å². The van der Waals surface area contributed by atoms with Crippen molar-refractivity contribution >= 4 is 11.8 Å². The van der Waals surface area contributed by atoms with Gasteiger partial charge in [0, 0.05) is 24.4 Å². The van der Waals surface area contributed by atoms with Gasteiger partial charge in [-0.15, -0.1) is 0 Å². The monoisotopic (exact) mass is 203 g/mol. The van der Waals surface area contributed by atoms with E-state index in [-0.39, 0.29) is 0 Å². The van der Waals surface area contributed by atoms with Crippen molar-refractivity contribution in [1.82, 2.24) is 5.32 Å². The lowest BCUT2D eigenvalue weighted by atomic mass is 10.1. The minimum atomic E-state index is 0.301. The summed E-state index contributed by atoms with van der Waals surface area (Å²) in [6.45, 7) is 2.57. The van der Waals surface area contributed by atoms with Crippen molar-refractivity contribution in [1.29, 1.82) is 0 Å². The van der Waals surface area contributed by atoms with Gasteiger partial charge in [-0.2, -0.15) is 11.8 Å². The first-order valence-electron chi connectivity index (χ1n) is 5.13. The molecule has 1 rings (SSSR count). The maximum Gasteiger partial charge on any atom is 0.0446 e. The summed E-state index contributed by atoms with van der Waals surface area (Å²) in [7, 11) is 0. The molecule has 2 atom stereocenters. The van der Waals surface area contributed by atoms with Gasteiger partial charge in [-0.05, 0) is 38.4 Å². The maximum atomic E-state index is 8.88. The van der Waals surface area contributed by atoms with Gasteiger partial charge in [0.1, 0.15) is 0 Å². The fourth-order valence-electron chi connectivity index (χ4n) is 1.68. The quantitative estimate of drug-likeness (QED) is 0.657. The molecule has 0 aromatic carbocycles. The molecule has 0 radical (unpaired) electrons. The number of aliphatic hydroxyl groups is 1. The van der Waals surface area contributed by atoms with Gasteiger partial charge in [-0.3, -0.25) is 0 Å². The van der Waals surface area contributed by atoms with E-state index < -0.39 is 0 Å². The van der Waals surface area contributed by atoms with Gasteiger partial charge in [-0.1, -0.05) is 0 Å². The lowest BCUT2D eigenvalue weighted by molar-refractivity contribution is 0.263. The maximum absolute atomic E-state index is 8.88. The van der Waals surface area contributed by atoms with Crippen molar-refractivity contribution in [2.75, 3.05) is 18.6 Å². The Morgan fingerprint density at radius 2 is 2.23 bits per heavy atom. The van der Waals surface area contributed by atoms with Crippen molar-refractivity contribution in [2.45, 2.75) is 38.3 Å². The average Bonchev–Trinajstić information content (AvgIpc) is 2.87. The molecule has 13 heavy (non-hydrogen) atoms. The minimum absolute atomic E-state index is 0.301. The van der Waals surface area contributed by atoms with Gasteiger partial charge >= 0.3 is 0 Å². The highest BCUT2D eigenvalue weighted by molar-refractivity contribution is 7.98. The molecule has 1 saturated carbocycles. The van der Waals surface area contributed by atoms with E-state index in [9.17, 15) is 0 Å². The molecule has 2 N–H and O–H groups in total. The Morgan fingerprint density at radius 1 is 1.54 bits per heavy atom. The zero-order valence-corrected chi connectivity index (χ0v) is 9.44. The SMILES string of the molecule is CSCC(CCO)NC(C)C1CC1. The summed E-state index contributed by atoms with van der Waals surface area (Å²) >= 11 is 1.85. The molecule has 0 aliphatic heterocycles. The van der Waals surface area contributed by atoms with Crippen LogP contribution in [0.3, 0.4) is 0 Å². The van der Waals surface area contributed by atoms with Crippen LogP contribution in [0.5, 0.6) is 0 Å². The molecule has 3 heteroatoms. The molecule has 0 aromatic heterocycles. The summed E-state index contributed by atoms with van der Waals surface area (Å²) in [5, 5.41) is 12.5. The molecule has 0 spiro atoms. The highest BCUT2D eigenvalue weighted by Gasteiger charge is 2.28. The second-order valence-electron chi connectivity index (χ2n) is 3.96. The van der Waals surface area contributed by atoms with Gasteiger partial charge in [0.05, 0.1) is 0 Å². The van der Waals surface area contributed by atoms with Gasteiger partial charge in [0.2, 0.25) is 0 Å². The van der Waals surface area contributed by atoms with E-state index in [2.05, 4.69) is 18.5 Å². The van der Waals surface area contributed by atoms with Crippen LogP contribution >= 0.6 is 11.8 Å². The minimum Gasteiger partial charge on any atom is -0.396 e. The van der Waals surface area contributed by atoms with Gasteiger partial charge in [0.25, 0.3) is 0 Å². The van der Waals surface area contributed by atoms with Crippen LogP contribution in [0.25, 0.3) is 0 Å². The lowest BCUT2D eigenvalue weighted by Crippen LogP contribution is -2.40. The highest BCUT2D eigenvalue weighted by atomic mass is 32.2. The highest BCUT2D eigenvalue weighted by Crippen LogP contribution is 2.32. The second-order valence-corrected chi connectivity index (χ2v) is 4.87. The van der Waals surface area contributed by atoms with E-state index in [1.165, 1.54) is 12.8 Å². The Hall–Kier alpha value is 0.270. The molecule has 1 fully saturated rings. The Bertz CT molecular complexity index is 133. The van der Waals surface area contributed by atoms with Gasteiger partial charge in [0.15, 0.2) is 0 Å². The van der Waals surface area contributed by atoms with Crippen LogP contribution in [0.15, 0.2) is 0 Å². The predicted molar refractivity (Wildman–Crippen MR) is 59.2 cm³/mol. The standard InChI is InChI=1S/C10H21NOS/c1-8(9-3-4-9)11-10(5-6-12)7-13-2/h8-12H,3-7H2,1-2H3. The van der Waals surface area contributed by atoms with Crippen LogP contribution in [-0.2, 0) is 0 Å². The first kappa shape index (κ1) is 11.3. The van der Waals surface area contributed by atoms with E-state index in [1.54, 1.807) is 0 Å². The molecular formula is C10H21NOS. The van der Waals surface area contributed by atoms with Crippen molar-refractivity contribution in [3.05, 3.63) is 0 Å². The fraction of sp³-hybridized carbons (Fsp3) is 1.00. The molecule has 0 bridgehead atoms. The average molecular weight is 203 g/mol. The van der Waals surface area contributed by atoms with E-state index >= 15 is 0 Å². The molecule has 0 aromatic rings. The predicted octanol–water partition coefficient (Wildman–Crippen LogP) is 1.49. The number of hydrogen-bond donors (Lipinski definition) is 2. The molecule has 2 nitrogen and oxygen atoms in total. The number of aliphatic hydroxyl groups excluding tert-OH is 1. The third-order valence-corrected chi connectivity index (χ3v) is 3.41. The number of thioether (sulfide) groups is 1. The normalized spacial score (nSPS) is 21.5. The molecule has 0 heterocycles. The van der Waals surface area contributed by atoms with E-state index in [0.717, 1.165) is 18.1 Å². The summed E-state index contributed by atoms with van der Waals surface area (Å²) < 4.78 is 0. The van der Waals surface area contributed by atoms with Crippen molar-refractivity contribution in [2.24, 2.45) is 5.92 Å². The van der Waals surface area contributed by atoms with Crippen molar-refractivity contribution < 1.29 is 5.11 Å². The number of nitrogens with one attached hydrogen (secondary N) is 1. The van der Waals surface area contributed by atoms with Crippen LogP contribution in [0.2, 0.25) is 0 Å². The summed E-state index contributed by atoms with van der Waals surface area (Å²) in [5.74, 6) is 2.01. The zero-order chi connectivity index (χ0) is 9.68. The lowest BCUT2D eigenvalue weighted by Gasteiger charge is -2.21. The molecule has 1 aliphatic carbocycles. The van der Waals surface area contributed by atoms with Crippen LogP contribution in [0.4, 0.5) is 0 Å². The Labute approximate surface area is 85.5 Å². The third kappa shape index (κ3) is 4.34. The number of hydrogen-bond acceptors (Lipinski definition) is 3. The number of rotatable bonds is 7. The summed E-state index contributed by atoms with van der Waals surface area (Å²) in [5.41, 5.74) is 0. The van der Waals surface area contributed by atoms with Crippen LogP contribution < -0.4 is 5.32 Å². The molecule has 0 saturated heterocycles. The van der Waals surface area contributed by atoms with E-state index in [0.29, 0.717) is 18.7 Å². The first-order chi connectivity index (χ1) is 6.27. The second kappa shape index (κ2) is 5.89. The largest absolute Gasteiger partial charge is 0.396 e. The Kier molecular flexibility index (Phi) is 5.14. The fourth-order valence-corrected chi connectivity index (χ4v) is 2.34. The smallest absolute Gasteiger partial charge is 0.0446 e. The van der Waals surface area contributed by atoms with E-state index in [1.807, 2.05) is 11.8 Å². The van der Waals surface area contributed by atoms with Crippen LogP contribution in [-0.4, -0.2) is 35.8 Å². The molecule has 1 aliphatic rings. The third-order valence-electron chi connectivity index (χ3n) is 2.67. The van der Waals surface area contributed by atoms with Crippen molar-refractivity contribution in [3.8, 4) is 0 Å². The topological polar surface area (TPSA) is 32.3 Å². The van der Waals surface area contributed by atoms with Crippen LogP contribution in [0.1, 0.15) is 26.2 Å². The first-order valence-corrected chi connectivity index (χ1v) is 6.53. The summed E-state index contributed by atoms with van der Waals surface area (Å²) in [6, 6.07) is 1.14. The van der Waals surface area contributed by atoms with Crippen LogP contribution in [0, 0.1) is 5.92 Å². The molecule has 2 unspecified atom stereocenters. The van der Waals surface area contributed by atoms with Gasteiger partial charge in [-0.25, -0.2) is 0 Å². The molecular weight excluding hydrogens is 182 g/mol. The Morgan fingerprint density at radius 3 is 2.69 bits per heavy atom. The molecule has 78 valence electrons. The molecule has 0 amide bonds. The summed E-state index contributed by atoms with van der Waals surface area (Å²) in [4.78, 5) is 0. The van der Waals surface area contributed by atoms with Gasteiger partial charge < -0.3 is 10.4 Å². The zero-order valence-electron chi connectivity index (χ0n) is 8.62.